The molecule has 1 heterocycles. The van der Waals surface area contributed by atoms with Crippen molar-refractivity contribution in [3.8, 4) is 0 Å². The van der Waals surface area contributed by atoms with Gasteiger partial charge in [0.2, 0.25) is 31.1 Å². The number of rotatable bonds is 6. The van der Waals surface area contributed by atoms with E-state index in [-0.39, 0.29) is 0 Å². The second kappa shape index (κ2) is 7.71. The monoisotopic (exact) mass is 457 g/mol. The molecule has 0 fully saturated rings. The number of aromatic nitrogens is 1. The first-order valence-corrected chi connectivity index (χ1v) is 13.1. The summed E-state index contributed by atoms with van der Waals surface area (Å²) in [6.45, 7) is 0. The van der Waals surface area contributed by atoms with Gasteiger partial charge in [-0.2, -0.15) is 0 Å². The third-order valence-corrected chi connectivity index (χ3v) is 5.73. The second-order valence-electron chi connectivity index (χ2n) is 7.26. The zero-order valence-electron chi connectivity index (χ0n) is 16.8. The highest BCUT2D eigenvalue weighted by molar-refractivity contribution is 7.92. The summed E-state index contributed by atoms with van der Waals surface area (Å²) in [6, 6.07) is 20.0. The number of aromatic amines is 1. The van der Waals surface area contributed by atoms with Gasteiger partial charge in [0.25, 0.3) is 0 Å². The Morgan fingerprint density at radius 1 is 0.645 bits per heavy atom. The van der Waals surface area contributed by atoms with Crippen molar-refractivity contribution in [1.29, 1.82) is 0 Å². The molecule has 0 aliphatic carbocycles. The zero-order chi connectivity index (χ0) is 22.2. The van der Waals surface area contributed by atoms with Gasteiger partial charge in [-0.1, -0.05) is 12.1 Å². The number of benzene rings is 3. The first-order chi connectivity index (χ1) is 14.6. The lowest BCUT2D eigenvalue weighted by atomic mass is 10.1. The number of fused-ring (bicyclic) bond motifs is 2. The summed E-state index contributed by atoms with van der Waals surface area (Å²) in [7, 11) is -6.74. The van der Waals surface area contributed by atoms with E-state index in [1.807, 2.05) is 30.3 Å². The van der Waals surface area contributed by atoms with E-state index in [1.54, 1.807) is 36.4 Å². The molecule has 0 aliphatic rings. The van der Waals surface area contributed by atoms with Crippen molar-refractivity contribution in [2.24, 2.45) is 0 Å². The number of anilines is 4. The number of pyridine rings is 1. The van der Waals surface area contributed by atoms with Crippen LogP contribution in [0.1, 0.15) is 0 Å². The normalized spacial score (nSPS) is 12.1. The molecule has 1 aromatic heterocycles. The van der Waals surface area contributed by atoms with Gasteiger partial charge in [0.1, 0.15) is 0 Å². The van der Waals surface area contributed by atoms with Crippen LogP contribution in [-0.4, -0.2) is 29.3 Å². The largest absolute Gasteiger partial charge is 0.354 e. The predicted octanol–water partition coefficient (Wildman–Crippen LogP) is 3.29. The first kappa shape index (κ1) is 20.9. The summed E-state index contributed by atoms with van der Waals surface area (Å²) >= 11 is 0. The maximum absolute atomic E-state index is 11.6. The Labute approximate surface area is 180 Å². The zero-order valence-corrected chi connectivity index (χ0v) is 18.4. The molecule has 0 unspecified atom stereocenters. The second-order valence-corrected chi connectivity index (χ2v) is 10.8. The molecule has 0 spiro atoms. The van der Waals surface area contributed by atoms with Crippen molar-refractivity contribution in [3.63, 3.8) is 0 Å². The van der Waals surface area contributed by atoms with Crippen molar-refractivity contribution in [1.82, 2.24) is 0 Å². The van der Waals surface area contributed by atoms with Gasteiger partial charge in [-0.25, -0.2) is 21.8 Å². The molecule has 0 atom stereocenters. The van der Waals surface area contributed by atoms with Crippen LogP contribution in [0.5, 0.6) is 0 Å². The molecular formula is C21H21N4O4S2+. The van der Waals surface area contributed by atoms with Crippen molar-refractivity contribution in [2.75, 3.05) is 27.3 Å². The van der Waals surface area contributed by atoms with Crippen LogP contribution in [-0.2, 0) is 20.0 Å². The summed E-state index contributed by atoms with van der Waals surface area (Å²) < 4.78 is 50.9. The molecule has 160 valence electrons. The summed E-state index contributed by atoms with van der Waals surface area (Å²) in [6.07, 6.45) is 2.21. The third kappa shape index (κ3) is 5.04. The van der Waals surface area contributed by atoms with E-state index in [0.717, 1.165) is 45.7 Å². The molecule has 4 rings (SSSR count). The van der Waals surface area contributed by atoms with Crippen LogP contribution in [0, 0.1) is 0 Å². The van der Waals surface area contributed by atoms with Gasteiger partial charge >= 0.3 is 0 Å². The molecule has 0 saturated carbocycles. The molecular weight excluding hydrogens is 436 g/mol. The number of hydrogen-bond donors (Lipinski definition) is 3. The van der Waals surface area contributed by atoms with Gasteiger partial charge in [0, 0.05) is 23.5 Å². The first-order valence-electron chi connectivity index (χ1n) is 9.28. The summed E-state index contributed by atoms with van der Waals surface area (Å²) in [5.41, 5.74) is 4.19. The highest BCUT2D eigenvalue weighted by Gasteiger charge is 2.16. The average Bonchev–Trinajstić information content (AvgIpc) is 2.66. The van der Waals surface area contributed by atoms with E-state index in [0.29, 0.717) is 11.4 Å². The van der Waals surface area contributed by atoms with Crippen LogP contribution in [0.4, 0.5) is 22.7 Å². The maximum atomic E-state index is 11.6. The Morgan fingerprint density at radius 2 is 1.19 bits per heavy atom. The fourth-order valence-corrected chi connectivity index (χ4v) is 4.48. The minimum Gasteiger partial charge on any atom is -0.354 e. The molecule has 4 aromatic rings. The highest BCUT2D eigenvalue weighted by Crippen LogP contribution is 2.33. The van der Waals surface area contributed by atoms with Crippen LogP contribution in [0.25, 0.3) is 21.8 Å². The van der Waals surface area contributed by atoms with Crippen molar-refractivity contribution in [2.45, 2.75) is 0 Å². The van der Waals surface area contributed by atoms with Crippen molar-refractivity contribution >= 4 is 64.6 Å². The summed E-state index contributed by atoms with van der Waals surface area (Å²) in [5.74, 6) is 0. The Hall–Kier alpha value is -3.37. The Bertz CT molecular complexity index is 1500. The number of H-pyrrole nitrogens is 1. The fraction of sp³-hybridized carbons (Fsp3) is 0.0952. The van der Waals surface area contributed by atoms with Crippen molar-refractivity contribution < 1.29 is 21.8 Å². The van der Waals surface area contributed by atoms with Crippen LogP contribution >= 0.6 is 0 Å². The average molecular weight is 458 g/mol. The Kier molecular flexibility index (Phi) is 5.19. The molecule has 8 nitrogen and oxygen atoms in total. The minimum absolute atomic E-state index is 0.462. The van der Waals surface area contributed by atoms with Gasteiger partial charge in [-0.15, -0.1) is 0 Å². The van der Waals surface area contributed by atoms with Gasteiger partial charge < -0.3 is 5.32 Å². The predicted molar refractivity (Wildman–Crippen MR) is 125 cm³/mol. The van der Waals surface area contributed by atoms with E-state index in [9.17, 15) is 16.8 Å². The highest BCUT2D eigenvalue weighted by atomic mass is 32.2. The lowest BCUT2D eigenvalue weighted by Crippen LogP contribution is -2.12. The molecule has 4 N–H and O–H groups in total. The summed E-state index contributed by atoms with van der Waals surface area (Å²) in [5, 5.41) is 5.24. The standard InChI is InChI=1S/C21H20N4O4S2/c1-30(26,27)24-15-9-7-14(8-10-15)22-21-17-5-3-4-6-19(17)23-20-13-16(11-12-18(20)21)25-31(2,28)29/h3-13,24-25H,1-2H3,(H,22,23)/p+1. The minimum atomic E-state index is -3.39. The summed E-state index contributed by atoms with van der Waals surface area (Å²) in [4.78, 5) is 3.34. The van der Waals surface area contributed by atoms with Crippen LogP contribution in [0.3, 0.4) is 0 Å². The number of hydrogen-bond acceptors (Lipinski definition) is 5. The molecule has 31 heavy (non-hydrogen) atoms. The lowest BCUT2D eigenvalue weighted by Gasteiger charge is -2.12. The SMILES string of the molecule is CS(=O)(=O)Nc1ccc(Nc2c3ccccc3[nH+]c3cc(NS(C)(=O)=O)ccc23)cc1. The number of para-hydroxylation sites is 1. The topological polar surface area (TPSA) is 119 Å². The van der Waals surface area contributed by atoms with E-state index < -0.39 is 20.0 Å². The van der Waals surface area contributed by atoms with Crippen LogP contribution in [0.15, 0.2) is 66.7 Å². The van der Waals surface area contributed by atoms with Crippen molar-refractivity contribution in [3.05, 3.63) is 66.7 Å². The molecule has 0 radical (unpaired) electrons. The number of sulfonamides is 2. The molecule has 3 aromatic carbocycles. The molecule has 0 saturated heterocycles. The van der Waals surface area contributed by atoms with Gasteiger partial charge in [0.05, 0.1) is 34.7 Å². The van der Waals surface area contributed by atoms with Crippen LogP contribution < -0.4 is 19.7 Å². The Morgan fingerprint density at radius 3 is 1.87 bits per heavy atom. The third-order valence-electron chi connectivity index (χ3n) is 4.52. The van der Waals surface area contributed by atoms with E-state index in [4.69, 9.17) is 0 Å². The molecule has 0 aliphatic heterocycles. The van der Waals surface area contributed by atoms with Gasteiger partial charge in [0.15, 0.2) is 0 Å². The molecule has 10 heteroatoms. The maximum Gasteiger partial charge on any atom is 0.229 e. The van der Waals surface area contributed by atoms with E-state index in [1.165, 1.54) is 0 Å². The Balaban J connectivity index is 1.79. The van der Waals surface area contributed by atoms with Crippen LogP contribution in [0.2, 0.25) is 0 Å². The fourth-order valence-electron chi connectivity index (χ4n) is 3.36. The lowest BCUT2D eigenvalue weighted by molar-refractivity contribution is -0.310. The smallest absolute Gasteiger partial charge is 0.229 e. The van der Waals surface area contributed by atoms with E-state index in [2.05, 4.69) is 19.7 Å². The molecule has 0 amide bonds. The van der Waals surface area contributed by atoms with Gasteiger partial charge in [-0.3, -0.25) is 9.44 Å². The number of nitrogens with one attached hydrogen (secondary N) is 4. The van der Waals surface area contributed by atoms with E-state index >= 15 is 0 Å². The molecule has 0 bridgehead atoms. The quantitative estimate of drug-likeness (QED) is 0.384. The van der Waals surface area contributed by atoms with Gasteiger partial charge in [-0.05, 0) is 42.5 Å².